The van der Waals surface area contributed by atoms with Crippen LogP contribution in [0.3, 0.4) is 0 Å². The summed E-state index contributed by atoms with van der Waals surface area (Å²) < 4.78 is 0. The molecule has 0 aliphatic rings. The van der Waals surface area contributed by atoms with Gasteiger partial charge in [-0.1, -0.05) is 77.8 Å². The molecule has 3 aromatic rings. The van der Waals surface area contributed by atoms with E-state index in [1.165, 1.54) is 11.8 Å². The van der Waals surface area contributed by atoms with Gasteiger partial charge in [-0.25, -0.2) is 0 Å². The van der Waals surface area contributed by atoms with Gasteiger partial charge in [-0.2, -0.15) is 0 Å². The van der Waals surface area contributed by atoms with E-state index in [2.05, 4.69) is 5.32 Å². The molecule has 0 aliphatic carbocycles. The van der Waals surface area contributed by atoms with E-state index in [9.17, 15) is 9.59 Å². The number of hydrogen-bond donors (Lipinski definition) is 1. The zero-order valence-corrected chi connectivity index (χ0v) is 23.2. The van der Waals surface area contributed by atoms with Crippen LogP contribution < -0.4 is 5.32 Å². The molecule has 1 unspecified atom stereocenters. The molecule has 3 rings (SSSR count). The van der Waals surface area contributed by atoms with Crippen LogP contribution in [0.2, 0.25) is 10.0 Å². The fourth-order valence-corrected chi connectivity index (χ4v) is 4.97. The first kappa shape index (κ1) is 28.1. The standard InChI is InChI=1S/C29H32Cl2N2O2S/c1-29(2,3)32-28(35)26(17-21-8-5-4-6-9-21)33(18-23-10-7-11-25(31)16-23)27(34)20-36-19-22-12-14-24(30)15-13-22/h4-16,26H,17-20H2,1-3H3,(H,32,35). The third kappa shape index (κ3) is 9.20. The van der Waals surface area contributed by atoms with Crippen LogP contribution in [0.25, 0.3) is 0 Å². The van der Waals surface area contributed by atoms with Crippen molar-refractivity contribution >= 4 is 46.8 Å². The van der Waals surface area contributed by atoms with E-state index in [4.69, 9.17) is 23.2 Å². The third-order valence-corrected chi connectivity index (χ3v) is 6.89. The van der Waals surface area contributed by atoms with Crippen molar-refractivity contribution in [3.8, 4) is 0 Å². The number of rotatable bonds is 10. The summed E-state index contributed by atoms with van der Waals surface area (Å²) in [5.41, 5.74) is 2.52. The summed E-state index contributed by atoms with van der Waals surface area (Å²) in [6.07, 6.45) is 0.414. The van der Waals surface area contributed by atoms with Gasteiger partial charge in [0.25, 0.3) is 0 Å². The lowest BCUT2D eigenvalue weighted by Crippen LogP contribution is -2.54. The molecule has 36 heavy (non-hydrogen) atoms. The molecule has 7 heteroatoms. The van der Waals surface area contributed by atoms with Crippen molar-refractivity contribution in [2.75, 3.05) is 5.75 Å². The molecule has 0 aliphatic heterocycles. The molecule has 0 aromatic heterocycles. The highest BCUT2D eigenvalue weighted by Gasteiger charge is 2.32. The van der Waals surface area contributed by atoms with Crippen LogP contribution in [0.5, 0.6) is 0 Å². The van der Waals surface area contributed by atoms with Crippen molar-refractivity contribution in [1.29, 1.82) is 0 Å². The van der Waals surface area contributed by atoms with E-state index < -0.39 is 11.6 Å². The smallest absolute Gasteiger partial charge is 0.243 e. The Kier molecular flexibility index (Phi) is 10.3. The number of nitrogens with zero attached hydrogens (tertiary/aromatic N) is 1. The largest absolute Gasteiger partial charge is 0.350 e. The number of hydrogen-bond acceptors (Lipinski definition) is 3. The molecule has 0 radical (unpaired) electrons. The zero-order valence-electron chi connectivity index (χ0n) is 20.8. The Hall–Kier alpha value is -2.47. The average molecular weight is 544 g/mol. The Morgan fingerprint density at radius 2 is 1.53 bits per heavy atom. The molecule has 2 amide bonds. The van der Waals surface area contributed by atoms with Gasteiger partial charge in [-0.05, 0) is 61.7 Å². The highest BCUT2D eigenvalue weighted by atomic mass is 35.5. The summed E-state index contributed by atoms with van der Waals surface area (Å²) in [7, 11) is 0. The number of carbonyl (C=O) groups is 2. The second kappa shape index (κ2) is 13.2. The maximum atomic E-state index is 13.6. The molecule has 0 saturated heterocycles. The van der Waals surface area contributed by atoms with E-state index >= 15 is 0 Å². The van der Waals surface area contributed by atoms with E-state index in [1.807, 2.05) is 93.6 Å². The summed E-state index contributed by atoms with van der Waals surface area (Å²) >= 11 is 13.7. The maximum Gasteiger partial charge on any atom is 0.243 e. The number of nitrogens with one attached hydrogen (secondary N) is 1. The monoisotopic (exact) mass is 542 g/mol. The Balaban J connectivity index is 1.86. The topological polar surface area (TPSA) is 49.4 Å². The van der Waals surface area contributed by atoms with Crippen molar-refractivity contribution in [2.24, 2.45) is 0 Å². The molecule has 3 aromatic carbocycles. The first-order valence-electron chi connectivity index (χ1n) is 11.8. The molecule has 190 valence electrons. The van der Waals surface area contributed by atoms with Crippen molar-refractivity contribution in [1.82, 2.24) is 10.2 Å². The molecule has 4 nitrogen and oxygen atoms in total. The Morgan fingerprint density at radius 1 is 0.861 bits per heavy atom. The van der Waals surface area contributed by atoms with Crippen LogP contribution in [-0.2, 0) is 28.3 Å². The number of amides is 2. The fraction of sp³-hybridized carbons (Fsp3) is 0.310. The Labute approximate surface area is 228 Å². The van der Waals surface area contributed by atoms with Crippen LogP contribution >= 0.6 is 35.0 Å². The lowest BCUT2D eigenvalue weighted by Gasteiger charge is -2.34. The van der Waals surface area contributed by atoms with Crippen molar-refractivity contribution in [2.45, 2.75) is 51.1 Å². The van der Waals surface area contributed by atoms with Gasteiger partial charge in [0.15, 0.2) is 0 Å². The highest BCUT2D eigenvalue weighted by molar-refractivity contribution is 7.99. The second-order valence-corrected chi connectivity index (χ2v) is 11.6. The predicted octanol–water partition coefficient (Wildman–Crippen LogP) is 6.78. The van der Waals surface area contributed by atoms with Gasteiger partial charge in [0.05, 0.1) is 5.75 Å². The molecule has 0 spiro atoms. The van der Waals surface area contributed by atoms with Gasteiger partial charge in [0.1, 0.15) is 6.04 Å². The highest BCUT2D eigenvalue weighted by Crippen LogP contribution is 2.21. The Morgan fingerprint density at radius 3 is 2.17 bits per heavy atom. The molecular weight excluding hydrogens is 511 g/mol. The van der Waals surface area contributed by atoms with Crippen LogP contribution in [-0.4, -0.2) is 34.0 Å². The minimum Gasteiger partial charge on any atom is -0.350 e. The van der Waals surface area contributed by atoms with E-state index in [1.54, 1.807) is 11.0 Å². The Bertz CT molecular complexity index is 1150. The molecular formula is C29H32Cl2N2O2S. The first-order chi connectivity index (χ1) is 17.1. The summed E-state index contributed by atoms with van der Waals surface area (Å²) in [6.45, 7) is 6.11. The number of benzene rings is 3. The van der Waals surface area contributed by atoms with Crippen molar-refractivity contribution in [3.05, 3.63) is 106 Å². The van der Waals surface area contributed by atoms with Gasteiger partial charge >= 0.3 is 0 Å². The van der Waals surface area contributed by atoms with E-state index in [0.29, 0.717) is 22.2 Å². The predicted molar refractivity (Wildman–Crippen MR) is 151 cm³/mol. The summed E-state index contributed by atoms with van der Waals surface area (Å²) in [5, 5.41) is 4.36. The summed E-state index contributed by atoms with van der Waals surface area (Å²) in [4.78, 5) is 28.9. The number of carbonyl (C=O) groups excluding carboxylic acids is 2. The van der Waals surface area contributed by atoms with Gasteiger partial charge in [0, 0.05) is 34.3 Å². The minimum atomic E-state index is -0.672. The maximum absolute atomic E-state index is 13.6. The van der Waals surface area contributed by atoms with Crippen molar-refractivity contribution < 1.29 is 9.59 Å². The fourth-order valence-electron chi connectivity index (χ4n) is 3.76. The quantitative estimate of drug-likeness (QED) is 0.307. The number of halogens is 2. The summed E-state index contributed by atoms with van der Waals surface area (Å²) in [5.74, 6) is 0.645. The van der Waals surface area contributed by atoms with E-state index in [-0.39, 0.29) is 24.1 Å². The van der Waals surface area contributed by atoms with Crippen LogP contribution in [0.1, 0.15) is 37.5 Å². The molecule has 1 N–H and O–H groups in total. The van der Waals surface area contributed by atoms with Crippen molar-refractivity contribution in [3.63, 3.8) is 0 Å². The zero-order chi connectivity index (χ0) is 26.1. The second-order valence-electron chi connectivity index (χ2n) is 9.72. The lowest BCUT2D eigenvalue weighted by atomic mass is 10.0. The van der Waals surface area contributed by atoms with Gasteiger partial charge in [0.2, 0.25) is 11.8 Å². The average Bonchev–Trinajstić information content (AvgIpc) is 2.82. The van der Waals surface area contributed by atoms with Crippen LogP contribution in [0, 0.1) is 0 Å². The van der Waals surface area contributed by atoms with Crippen LogP contribution in [0.4, 0.5) is 0 Å². The minimum absolute atomic E-state index is 0.0982. The molecule has 0 saturated carbocycles. The summed E-state index contributed by atoms with van der Waals surface area (Å²) in [6, 6.07) is 24.1. The SMILES string of the molecule is CC(C)(C)NC(=O)C(Cc1ccccc1)N(Cc1cccc(Cl)c1)C(=O)CSCc1ccc(Cl)cc1. The van der Waals surface area contributed by atoms with Gasteiger partial charge < -0.3 is 10.2 Å². The van der Waals surface area contributed by atoms with Gasteiger partial charge in [-0.3, -0.25) is 9.59 Å². The molecule has 0 bridgehead atoms. The third-order valence-electron chi connectivity index (χ3n) is 5.42. The first-order valence-corrected chi connectivity index (χ1v) is 13.7. The normalized spacial score (nSPS) is 12.1. The van der Waals surface area contributed by atoms with Crippen LogP contribution in [0.15, 0.2) is 78.9 Å². The lowest BCUT2D eigenvalue weighted by molar-refractivity contribution is -0.140. The molecule has 0 fully saturated rings. The van der Waals surface area contributed by atoms with E-state index in [0.717, 1.165) is 16.7 Å². The molecule has 1 atom stereocenters. The van der Waals surface area contributed by atoms with Gasteiger partial charge in [-0.15, -0.1) is 11.8 Å². The molecule has 0 heterocycles. The number of thioether (sulfide) groups is 1.